The van der Waals surface area contributed by atoms with Gasteiger partial charge in [0.1, 0.15) is 23.4 Å². The van der Waals surface area contributed by atoms with Crippen LogP contribution >= 0.6 is 0 Å². The highest BCUT2D eigenvalue weighted by Crippen LogP contribution is 2.27. The number of nitrogens with one attached hydrogen (secondary N) is 2. The topological polar surface area (TPSA) is 73.6 Å². The fourth-order valence-electron chi connectivity index (χ4n) is 3.36. The lowest BCUT2D eigenvalue weighted by Crippen LogP contribution is -2.18. The number of hydrogen-bond acceptors (Lipinski definition) is 5. The Morgan fingerprint density at radius 2 is 2.00 bits per heavy atom. The van der Waals surface area contributed by atoms with E-state index in [0.29, 0.717) is 17.8 Å². The van der Waals surface area contributed by atoms with Crippen LogP contribution in [-0.4, -0.2) is 22.1 Å². The molecule has 0 atom stereocenters. The Hall–Kier alpha value is -2.35. The van der Waals surface area contributed by atoms with E-state index in [4.69, 9.17) is 0 Å². The van der Waals surface area contributed by atoms with Crippen LogP contribution in [0.5, 0.6) is 0 Å². The molecule has 2 N–H and O–H groups in total. The lowest BCUT2D eigenvalue weighted by Gasteiger charge is -2.18. The second-order valence-electron chi connectivity index (χ2n) is 6.54. The van der Waals surface area contributed by atoms with Gasteiger partial charge in [0.2, 0.25) is 0 Å². The zero-order valence-electron chi connectivity index (χ0n) is 14.5. The van der Waals surface area contributed by atoms with Gasteiger partial charge in [-0.05, 0) is 37.8 Å². The summed E-state index contributed by atoms with van der Waals surface area (Å²) in [6.07, 6.45) is 8.89. The third kappa shape index (κ3) is 3.59. The first-order valence-electron chi connectivity index (χ1n) is 8.97. The molecule has 0 aromatic carbocycles. The zero-order chi connectivity index (χ0) is 16.9. The van der Waals surface area contributed by atoms with Crippen LogP contribution in [0.25, 0.3) is 10.8 Å². The number of fused-ring (bicyclic) bond motifs is 1. The van der Waals surface area contributed by atoms with Crippen LogP contribution in [0.1, 0.15) is 58.1 Å². The third-order valence-corrected chi connectivity index (χ3v) is 4.86. The molecule has 0 aliphatic heterocycles. The highest BCUT2D eigenvalue weighted by Gasteiger charge is 2.16. The van der Waals surface area contributed by atoms with E-state index in [2.05, 4.69) is 46.6 Å². The minimum Gasteiger partial charge on any atom is -0.367 e. The van der Waals surface area contributed by atoms with Crippen LogP contribution in [0.15, 0.2) is 18.3 Å². The number of pyridine rings is 2. The largest absolute Gasteiger partial charge is 0.367 e. The zero-order valence-corrected chi connectivity index (χ0v) is 14.5. The molecule has 126 valence electrons. The minimum absolute atomic E-state index is 0.356. The smallest absolute Gasteiger partial charge is 0.143 e. The van der Waals surface area contributed by atoms with E-state index in [1.165, 1.54) is 25.7 Å². The molecule has 1 aliphatic rings. The molecule has 1 aliphatic carbocycles. The van der Waals surface area contributed by atoms with Gasteiger partial charge in [-0.2, -0.15) is 5.26 Å². The second kappa shape index (κ2) is 7.48. The number of hydrogen-bond donors (Lipinski definition) is 2. The molecule has 2 heterocycles. The van der Waals surface area contributed by atoms with Gasteiger partial charge < -0.3 is 10.6 Å². The number of anilines is 2. The molecule has 3 rings (SSSR count). The fourth-order valence-corrected chi connectivity index (χ4v) is 3.36. The van der Waals surface area contributed by atoms with Crippen molar-refractivity contribution >= 4 is 22.4 Å². The molecule has 1 saturated carbocycles. The first-order chi connectivity index (χ1) is 11.7. The molecule has 0 radical (unpaired) electrons. The summed E-state index contributed by atoms with van der Waals surface area (Å²) in [6, 6.07) is 6.90. The highest BCUT2D eigenvalue weighted by molar-refractivity contribution is 5.93. The molecule has 0 saturated heterocycles. The molecular formula is C19H25N5. The van der Waals surface area contributed by atoms with Gasteiger partial charge in [-0.1, -0.05) is 26.7 Å². The van der Waals surface area contributed by atoms with E-state index >= 15 is 0 Å². The first kappa shape index (κ1) is 16.5. The number of nitrogens with zero attached hydrogens (tertiary/aromatic N) is 3. The van der Waals surface area contributed by atoms with Gasteiger partial charge in [0.05, 0.1) is 0 Å². The lowest BCUT2D eigenvalue weighted by atomic mass is 10.1. The van der Waals surface area contributed by atoms with Gasteiger partial charge in [0, 0.05) is 29.1 Å². The molecule has 0 spiro atoms. The molecule has 0 unspecified atom stereocenters. The van der Waals surface area contributed by atoms with Crippen molar-refractivity contribution in [2.24, 2.45) is 0 Å². The van der Waals surface area contributed by atoms with E-state index < -0.39 is 0 Å². The maximum absolute atomic E-state index is 9.24. The van der Waals surface area contributed by atoms with Gasteiger partial charge >= 0.3 is 0 Å². The summed E-state index contributed by atoms with van der Waals surface area (Å²) < 4.78 is 0. The van der Waals surface area contributed by atoms with E-state index in [9.17, 15) is 5.26 Å². The normalized spacial score (nSPS) is 14.9. The maximum Gasteiger partial charge on any atom is 0.143 e. The summed E-state index contributed by atoms with van der Waals surface area (Å²) in [6.45, 7) is 4.32. The summed E-state index contributed by atoms with van der Waals surface area (Å²) in [5.74, 6) is 1.68. The standard InChI is InChI=1S/C19H25N5/c1-3-14(4-2)23-19-17-10-18(22-15-7-5-6-8-15)21-12-13(17)9-16(11-20)24-19/h9-10,12,14-15H,3-8H2,1-2H3,(H,21,22)(H,23,24). The minimum atomic E-state index is 0.356. The number of nitriles is 1. The van der Waals surface area contributed by atoms with Crippen molar-refractivity contribution in [3.63, 3.8) is 0 Å². The predicted octanol–water partition coefficient (Wildman–Crippen LogP) is 4.46. The third-order valence-electron chi connectivity index (χ3n) is 4.86. The van der Waals surface area contributed by atoms with Crippen molar-refractivity contribution in [1.29, 1.82) is 5.26 Å². The Bertz CT molecular complexity index is 739. The summed E-state index contributed by atoms with van der Waals surface area (Å²) in [7, 11) is 0. The van der Waals surface area contributed by atoms with Crippen molar-refractivity contribution in [3.05, 3.63) is 24.0 Å². The molecular weight excluding hydrogens is 298 g/mol. The Labute approximate surface area is 143 Å². The van der Waals surface area contributed by atoms with Crippen LogP contribution in [0.4, 0.5) is 11.6 Å². The molecule has 2 aromatic rings. The first-order valence-corrected chi connectivity index (χ1v) is 8.97. The molecule has 5 nitrogen and oxygen atoms in total. The van der Waals surface area contributed by atoms with Gasteiger partial charge in [0.25, 0.3) is 0 Å². The monoisotopic (exact) mass is 323 g/mol. The van der Waals surface area contributed by atoms with Gasteiger partial charge in [-0.3, -0.25) is 0 Å². The van der Waals surface area contributed by atoms with Gasteiger partial charge in [-0.25, -0.2) is 9.97 Å². The number of aromatic nitrogens is 2. The van der Waals surface area contributed by atoms with Crippen LogP contribution in [-0.2, 0) is 0 Å². The molecule has 1 fully saturated rings. The Morgan fingerprint density at radius 3 is 2.67 bits per heavy atom. The molecule has 24 heavy (non-hydrogen) atoms. The SMILES string of the molecule is CCC(CC)Nc1nc(C#N)cc2cnc(NC3CCCC3)cc12. The molecule has 5 heteroatoms. The Kier molecular flexibility index (Phi) is 5.14. The maximum atomic E-state index is 9.24. The van der Waals surface area contributed by atoms with E-state index in [-0.39, 0.29) is 0 Å². The van der Waals surface area contributed by atoms with Crippen LogP contribution < -0.4 is 10.6 Å². The second-order valence-corrected chi connectivity index (χ2v) is 6.54. The predicted molar refractivity (Wildman–Crippen MR) is 98.1 cm³/mol. The average Bonchev–Trinajstić information content (AvgIpc) is 3.12. The van der Waals surface area contributed by atoms with Crippen LogP contribution in [0.3, 0.4) is 0 Å². The summed E-state index contributed by atoms with van der Waals surface area (Å²) in [4.78, 5) is 9.03. The van der Waals surface area contributed by atoms with Crippen molar-refractivity contribution in [2.75, 3.05) is 10.6 Å². The lowest BCUT2D eigenvalue weighted by molar-refractivity contribution is 0.669. The Morgan fingerprint density at radius 1 is 1.25 bits per heavy atom. The molecule has 2 aromatic heterocycles. The van der Waals surface area contributed by atoms with Gasteiger partial charge in [0.15, 0.2) is 0 Å². The quantitative estimate of drug-likeness (QED) is 0.821. The molecule has 0 bridgehead atoms. The van der Waals surface area contributed by atoms with Crippen molar-refractivity contribution in [3.8, 4) is 6.07 Å². The highest BCUT2D eigenvalue weighted by atomic mass is 15.0. The average molecular weight is 323 g/mol. The summed E-state index contributed by atoms with van der Waals surface area (Å²) in [5, 5.41) is 18.3. The fraction of sp³-hybridized carbons (Fsp3) is 0.526. The number of rotatable bonds is 6. The van der Waals surface area contributed by atoms with E-state index in [1.807, 2.05) is 6.20 Å². The van der Waals surface area contributed by atoms with Crippen LogP contribution in [0, 0.1) is 11.3 Å². The summed E-state index contributed by atoms with van der Waals surface area (Å²) in [5.41, 5.74) is 0.425. The van der Waals surface area contributed by atoms with Crippen molar-refractivity contribution < 1.29 is 0 Å². The van der Waals surface area contributed by atoms with E-state index in [0.717, 1.165) is 35.2 Å². The van der Waals surface area contributed by atoms with E-state index in [1.54, 1.807) is 6.07 Å². The van der Waals surface area contributed by atoms with Gasteiger partial charge in [-0.15, -0.1) is 0 Å². The summed E-state index contributed by atoms with van der Waals surface area (Å²) >= 11 is 0. The Balaban J connectivity index is 1.97. The van der Waals surface area contributed by atoms with Crippen molar-refractivity contribution in [2.45, 2.75) is 64.5 Å². The van der Waals surface area contributed by atoms with Crippen molar-refractivity contribution in [1.82, 2.24) is 9.97 Å². The van der Waals surface area contributed by atoms with Crippen LogP contribution in [0.2, 0.25) is 0 Å². The molecule has 0 amide bonds.